The van der Waals surface area contributed by atoms with E-state index in [1.807, 2.05) is 6.92 Å². The number of hydrogen-bond acceptors (Lipinski definition) is 6. The minimum absolute atomic E-state index is 0.0952. The Balaban J connectivity index is 1.75. The maximum atomic E-state index is 13.9. The molecule has 1 unspecified atom stereocenters. The van der Waals surface area contributed by atoms with Crippen molar-refractivity contribution in [3.05, 3.63) is 71.6 Å². The quantitative estimate of drug-likeness (QED) is 0.209. The van der Waals surface area contributed by atoms with Gasteiger partial charge in [-0.1, -0.05) is 31.2 Å². The number of nitrogens with zero attached hydrogens (tertiary/aromatic N) is 1. The molecule has 0 saturated heterocycles. The van der Waals surface area contributed by atoms with Crippen LogP contribution in [-0.4, -0.2) is 56.4 Å². The van der Waals surface area contributed by atoms with Gasteiger partial charge in [0.25, 0.3) is 15.6 Å². The smallest absolute Gasteiger partial charge is 0.430 e. The van der Waals surface area contributed by atoms with Crippen molar-refractivity contribution in [2.45, 2.75) is 80.9 Å². The highest BCUT2D eigenvalue weighted by Crippen LogP contribution is 2.51. The Morgan fingerprint density at radius 2 is 1.64 bits per heavy atom. The van der Waals surface area contributed by atoms with Crippen LogP contribution in [0, 0.1) is 17.7 Å². The molecule has 2 aromatic rings. The van der Waals surface area contributed by atoms with Gasteiger partial charge in [0.2, 0.25) is 5.91 Å². The molecule has 0 aromatic heterocycles. The van der Waals surface area contributed by atoms with Crippen LogP contribution in [0.1, 0.15) is 50.7 Å². The van der Waals surface area contributed by atoms with E-state index in [9.17, 15) is 53.8 Å². The Morgan fingerprint density at radius 1 is 1.02 bits per heavy atom. The van der Waals surface area contributed by atoms with Crippen LogP contribution in [0.3, 0.4) is 0 Å². The molecule has 1 aliphatic carbocycles. The van der Waals surface area contributed by atoms with Crippen molar-refractivity contribution in [2.75, 3.05) is 10.9 Å². The minimum Gasteiger partial charge on any atom is -0.466 e. The fraction of sp³-hybridized carbons (Fsp3) is 0.484. The number of carbonyl (C=O) groups excluding carboxylic acids is 2. The lowest BCUT2D eigenvalue weighted by atomic mass is 9.74. The number of benzene rings is 2. The first-order chi connectivity index (χ1) is 21.7. The second kappa shape index (κ2) is 13.1. The summed E-state index contributed by atoms with van der Waals surface area (Å²) in [5, 5.41) is 12.7. The molecule has 1 heterocycles. The summed E-state index contributed by atoms with van der Waals surface area (Å²) in [6.07, 6.45) is -12.3. The summed E-state index contributed by atoms with van der Waals surface area (Å²) < 4.78 is 129. The van der Waals surface area contributed by atoms with E-state index < -0.39 is 80.6 Å². The van der Waals surface area contributed by atoms with Gasteiger partial charge in [-0.15, -0.1) is 0 Å². The number of aryl methyl sites for hydroxylation is 1. The Bertz CT molecular complexity index is 1610. The van der Waals surface area contributed by atoms with Crippen LogP contribution in [-0.2, 0) is 36.4 Å². The third-order valence-corrected chi connectivity index (χ3v) is 10.5. The van der Waals surface area contributed by atoms with Crippen molar-refractivity contribution in [1.82, 2.24) is 5.32 Å². The van der Waals surface area contributed by atoms with E-state index in [2.05, 4.69) is 11.9 Å². The van der Waals surface area contributed by atoms with Gasteiger partial charge in [-0.2, -0.15) is 26.3 Å². The zero-order chi connectivity index (χ0) is 35.1. The molecule has 1 amide bonds. The van der Waals surface area contributed by atoms with Crippen LogP contribution in [0.25, 0.3) is 0 Å². The van der Waals surface area contributed by atoms with Crippen LogP contribution in [0.2, 0.25) is 0 Å². The molecule has 16 heteroatoms. The molecule has 0 spiro atoms. The average molecular weight is 695 g/mol. The van der Waals surface area contributed by atoms with Gasteiger partial charge >= 0.3 is 18.3 Å². The average Bonchev–Trinajstić information content (AvgIpc) is 2.97. The predicted octanol–water partition coefficient (Wildman–Crippen LogP) is 5.69. The summed E-state index contributed by atoms with van der Waals surface area (Å²) in [6.45, 7) is 7.51. The van der Waals surface area contributed by atoms with Crippen LogP contribution in [0.5, 0.6) is 0 Å². The molecule has 8 nitrogen and oxygen atoms in total. The lowest BCUT2D eigenvalue weighted by Gasteiger charge is -2.40. The van der Waals surface area contributed by atoms with Crippen molar-refractivity contribution in [2.24, 2.45) is 11.8 Å². The van der Waals surface area contributed by atoms with Crippen LogP contribution >= 0.6 is 0 Å². The van der Waals surface area contributed by atoms with E-state index in [0.717, 1.165) is 24.3 Å². The fourth-order valence-electron chi connectivity index (χ4n) is 6.16. The number of halogens is 7. The van der Waals surface area contributed by atoms with Gasteiger partial charge in [-0.3, -0.25) is 13.9 Å². The Kier molecular flexibility index (Phi) is 10.1. The first-order valence-corrected chi connectivity index (χ1v) is 16.1. The number of alkyl halides is 6. The molecule has 0 radical (unpaired) electrons. The van der Waals surface area contributed by atoms with Crippen LogP contribution in [0.15, 0.2) is 59.5 Å². The van der Waals surface area contributed by atoms with Crippen molar-refractivity contribution < 1.29 is 58.6 Å². The lowest BCUT2D eigenvalue weighted by Crippen LogP contribution is -2.54. The summed E-state index contributed by atoms with van der Waals surface area (Å²) in [5.74, 6) is -2.99. The Morgan fingerprint density at radius 3 is 2.21 bits per heavy atom. The number of amides is 1. The number of anilines is 1. The van der Waals surface area contributed by atoms with Gasteiger partial charge in [-0.25, -0.2) is 12.8 Å². The highest BCUT2D eigenvalue weighted by atomic mass is 32.2. The third kappa shape index (κ3) is 6.84. The summed E-state index contributed by atoms with van der Waals surface area (Å²) in [4.78, 5) is 25.8. The van der Waals surface area contributed by atoms with Gasteiger partial charge in [-0.05, 0) is 74.4 Å². The van der Waals surface area contributed by atoms with Crippen molar-refractivity contribution in [3.63, 3.8) is 0 Å². The highest BCUT2D eigenvalue weighted by molar-refractivity contribution is 7.92. The maximum Gasteiger partial charge on any atom is 0.430 e. The molecular weight excluding hydrogens is 661 g/mol. The van der Waals surface area contributed by atoms with E-state index in [1.54, 1.807) is 6.92 Å². The number of ether oxygens (including phenoxy) is 1. The topological polar surface area (TPSA) is 113 Å². The lowest BCUT2D eigenvalue weighted by molar-refractivity contribution is -0.376. The SMILES string of the molecule is C=C1CCC(C)[C@H](C(=O)OCC)[C@@H]1NC(=O)C[C@@H]1CCc2cc(C(O)(C(F)(F)F)C(F)(F)F)ccc2N1S(=O)(=O)c1ccc(F)cc1. The number of sulfonamides is 1. The third-order valence-electron chi connectivity index (χ3n) is 8.63. The second-order valence-corrected chi connectivity index (χ2v) is 13.5. The molecule has 47 heavy (non-hydrogen) atoms. The normalized spacial score (nSPS) is 22.4. The van der Waals surface area contributed by atoms with E-state index in [0.29, 0.717) is 40.9 Å². The van der Waals surface area contributed by atoms with Crippen LogP contribution < -0.4 is 9.62 Å². The number of carbonyl (C=O) groups is 2. The molecule has 1 fully saturated rings. The van der Waals surface area contributed by atoms with E-state index in [4.69, 9.17) is 4.74 Å². The molecule has 1 saturated carbocycles. The summed E-state index contributed by atoms with van der Waals surface area (Å²) in [5.41, 5.74) is -6.86. The Labute approximate surface area is 266 Å². The van der Waals surface area contributed by atoms with Crippen LogP contribution in [0.4, 0.5) is 36.4 Å². The molecule has 4 atom stereocenters. The van der Waals surface area contributed by atoms with Gasteiger partial charge < -0.3 is 15.2 Å². The number of rotatable bonds is 8. The zero-order valence-corrected chi connectivity index (χ0v) is 26.1. The summed E-state index contributed by atoms with van der Waals surface area (Å²) in [7, 11) is -4.69. The first kappa shape index (κ1) is 36.2. The predicted molar refractivity (Wildman–Crippen MR) is 155 cm³/mol. The monoisotopic (exact) mass is 694 g/mol. The number of esters is 1. The first-order valence-electron chi connectivity index (χ1n) is 14.7. The second-order valence-electron chi connectivity index (χ2n) is 11.7. The number of hydrogen-bond donors (Lipinski definition) is 2. The van der Waals surface area contributed by atoms with Gasteiger partial charge in [0.05, 0.1) is 35.2 Å². The van der Waals surface area contributed by atoms with Gasteiger partial charge in [0.15, 0.2) is 0 Å². The van der Waals surface area contributed by atoms with Crippen molar-refractivity contribution >= 4 is 27.6 Å². The molecule has 2 aromatic carbocycles. The van der Waals surface area contributed by atoms with Gasteiger partial charge in [0, 0.05) is 12.0 Å². The molecule has 0 bridgehead atoms. The Hall–Kier alpha value is -3.66. The molecule has 258 valence electrons. The number of fused-ring (bicyclic) bond motifs is 1. The fourth-order valence-corrected chi connectivity index (χ4v) is 7.87. The zero-order valence-electron chi connectivity index (χ0n) is 25.3. The number of nitrogens with one attached hydrogen (secondary N) is 1. The molecule has 1 aliphatic heterocycles. The van der Waals surface area contributed by atoms with E-state index in [1.165, 1.54) is 0 Å². The number of aliphatic hydroxyl groups is 1. The maximum absolute atomic E-state index is 13.9. The largest absolute Gasteiger partial charge is 0.466 e. The highest BCUT2D eigenvalue weighted by Gasteiger charge is 2.71. The molecule has 4 rings (SSSR count). The molecular formula is C31H33F7N2O6S. The van der Waals surface area contributed by atoms with Gasteiger partial charge in [0.1, 0.15) is 5.82 Å². The standard InChI is InChI=1S/C31H33F7N2O6S/c1-4-46-28(42)26-17(2)5-6-18(3)27(26)39-25(41)16-22-11-7-19-15-20(29(43,30(33,34)35)31(36,37)38)8-14-24(19)40(22)47(44,45)23-12-9-21(32)10-13-23/h8-10,12-15,17,22,26-27,43H,3-7,11,16H2,1-2H3,(H,39,41)/t17?,22-,26-,27+/m0/s1. The van der Waals surface area contributed by atoms with E-state index in [-0.39, 0.29) is 36.6 Å². The van der Waals surface area contributed by atoms with Crippen molar-refractivity contribution in [3.8, 4) is 0 Å². The van der Waals surface area contributed by atoms with Crippen molar-refractivity contribution in [1.29, 1.82) is 0 Å². The molecule has 2 aliphatic rings. The minimum atomic E-state index is -6.17. The summed E-state index contributed by atoms with van der Waals surface area (Å²) in [6, 6.07) is 2.98. The van der Waals surface area contributed by atoms with E-state index >= 15 is 0 Å². The molecule has 2 N–H and O–H groups in total. The summed E-state index contributed by atoms with van der Waals surface area (Å²) >= 11 is 0.